The molecule has 0 aliphatic carbocycles. The topological polar surface area (TPSA) is 40.5 Å². The summed E-state index contributed by atoms with van der Waals surface area (Å²) in [5, 5.41) is 8.64. The number of aliphatic hydroxyl groups is 1. The van der Waals surface area contributed by atoms with Crippen LogP contribution in [-0.2, 0) is 4.79 Å². The minimum atomic E-state index is 0.266. The van der Waals surface area contributed by atoms with E-state index in [1.54, 1.807) is 0 Å². The quantitative estimate of drug-likeness (QED) is 0.682. The normalized spacial score (nSPS) is 21.7. The summed E-state index contributed by atoms with van der Waals surface area (Å²) in [5.41, 5.74) is 0. The highest BCUT2D eigenvalue weighted by molar-refractivity contribution is 5.78. The largest absolute Gasteiger partial charge is 0.396 e. The summed E-state index contributed by atoms with van der Waals surface area (Å²) in [6.45, 7) is 6.46. The molecule has 1 rings (SSSR count). The predicted octanol–water partition coefficient (Wildman–Crippen LogP) is 1.65. The number of hydrogen-bond donors (Lipinski definition) is 1. The molecular weight excluding hydrogens is 190 g/mol. The Balaban J connectivity index is 2.22. The van der Waals surface area contributed by atoms with Gasteiger partial charge in [0.1, 0.15) is 0 Å². The monoisotopic (exact) mass is 213 g/mol. The van der Waals surface area contributed by atoms with Crippen molar-refractivity contribution >= 4 is 5.91 Å². The van der Waals surface area contributed by atoms with Gasteiger partial charge in [-0.1, -0.05) is 13.8 Å². The number of carbonyl (C=O) groups is 1. The molecule has 1 heterocycles. The summed E-state index contributed by atoms with van der Waals surface area (Å²) in [6, 6.07) is 0. The minimum Gasteiger partial charge on any atom is -0.396 e. The molecule has 1 N–H and O–H groups in total. The molecule has 1 atom stereocenters. The van der Waals surface area contributed by atoms with Crippen molar-refractivity contribution in [1.82, 2.24) is 4.90 Å². The lowest BCUT2D eigenvalue weighted by Gasteiger charge is -2.17. The van der Waals surface area contributed by atoms with Crippen molar-refractivity contribution in [2.45, 2.75) is 39.5 Å². The van der Waals surface area contributed by atoms with Crippen LogP contribution in [0.5, 0.6) is 0 Å². The maximum absolute atomic E-state index is 11.6. The number of aliphatic hydroxyl groups excluding tert-OH is 1. The number of unbranched alkanes of at least 4 members (excludes halogenated alkanes) is 2. The van der Waals surface area contributed by atoms with Crippen molar-refractivity contribution in [1.29, 1.82) is 0 Å². The van der Waals surface area contributed by atoms with Gasteiger partial charge in [-0.3, -0.25) is 4.79 Å². The zero-order valence-electron chi connectivity index (χ0n) is 9.91. The van der Waals surface area contributed by atoms with Gasteiger partial charge in [-0.2, -0.15) is 0 Å². The van der Waals surface area contributed by atoms with Crippen LogP contribution < -0.4 is 0 Å². The SMILES string of the molecule is CC(C)C1CC(=O)N(CCCCCO)C1. The van der Waals surface area contributed by atoms with Crippen LogP contribution in [0.3, 0.4) is 0 Å². The lowest BCUT2D eigenvalue weighted by atomic mass is 9.95. The van der Waals surface area contributed by atoms with Gasteiger partial charge in [0.05, 0.1) is 0 Å². The second-order valence-electron chi connectivity index (χ2n) is 4.83. The highest BCUT2D eigenvalue weighted by atomic mass is 16.2. The molecule has 3 nitrogen and oxygen atoms in total. The fourth-order valence-corrected chi connectivity index (χ4v) is 2.06. The van der Waals surface area contributed by atoms with Crippen molar-refractivity contribution in [2.24, 2.45) is 11.8 Å². The Morgan fingerprint density at radius 1 is 1.40 bits per heavy atom. The van der Waals surface area contributed by atoms with Gasteiger partial charge in [-0.05, 0) is 31.1 Å². The number of nitrogens with zero attached hydrogens (tertiary/aromatic N) is 1. The average molecular weight is 213 g/mol. The Kier molecular flexibility index (Phi) is 5.09. The molecule has 1 saturated heterocycles. The fraction of sp³-hybridized carbons (Fsp3) is 0.917. The highest BCUT2D eigenvalue weighted by Gasteiger charge is 2.30. The van der Waals surface area contributed by atoms with Crippen molar-refractivity contribution in [3.8, 4) is 0 Å². The molecule has 0 aromatic rings. The van der Waals surface area contributed by atoms with E-state index >= 15 is 0 Å². The predicted molar refractivity (Wildman–Crippen MR) is 60.5 cm³/mol. The molecule has 1 unspecified atom stereocenters. The van der Waals surface area contributed by atoms with Gasteiger partial charge in [0.25, 0.3) is 0 Å². The number of likely N-dealkylation sites (tertiary alicyclic amines) is 1. The number of carbonyl (C=O) groups excluding carboxylic acids is 1. The Bertz CT molecular complexity index is 204. The molecule has 1 aliphatic heterocycles. The molecule has 0 spiro atoms. The fourth-order valence-electron chi connectivity index (χ4n) is 2.06. The summed E-state index contributed by atoms with van der Waals surface area (Å²) in [5.74, 6) is 1.48. The van der Waals surface area contributed by atoms with E-state index in [-0.39, 0.29) is 6.61 Å². The first-order valence-electron chi connectivity index (χ1n) is 6.03. The van der Waals surface area contributed by atoms with E-state index in [9.17, 15) is 4.79 Å². The third-order valence-corrected chi connectivity index (χ3v) is 3.27. The van der Waals surface area contributed by atoms with Crippen molar-refractivity contribution < 1.29 is 9.90 Å². The summed E-state index contributed by atoms with van der Waals surface area (Å²) < 4.78 is 0. The van der Waals surface area contributed by atoms with Gasteiger partial charge in [0.15, 0.2) is 0 Å². The van der Waals surface area contributed by atoms with Crippen LogP contribution in [0.15, 0.2) is 0 Å². The number of hydrogen-bond acceptors (Lipinski definition) is 2. The van der Waals surface area contributed by atoms with Crippen LogP contribution in [0.25, 0.3) is 0 Å². The van der Waals surface area contributed by atoms with Crippen LogP contribution in [0.2, 0.25) is 0 Å². The summed E-state index contributed by atoms with van der Waals surface area (Å²) >= 11 is 0. The van der Waals surface area contributed by atoms with Crippen molar-refractivity contribution in [3.63, 3.8) is 0 Å². The van der Waals surface area contributed by atoms with Gasteiger partial charge in [0, 0.05) is 26.1 Å². The Hall–Kier alpha value is -0.570. The summed E-state index contributed by atoms with van der Waals surface area (Å²) in [6.07, 6.45) is 3.64. The molecule has 0 aromatic carbocycles. The Morgan fingerprint density at radius 3 is 2.67 bits per heavy atom. The molecule has 1 aliphatic rings. The molecule has 1 fully saturated rings. The van der Waals surface area contributed by atoms with Gasteiger partial charge < -0.3 is 10.0 Å². The van der Waals surface area contributed by atoms with Crippen LogP contribution in [0.1, 0.15) is 39.5 Å². The first-order valence-corrected chi connectivity index (χ1v) is 6.03. The van der Waals surface area contributed by atoms with Gasteiger partial charge in [-0.15, -0.1) is 0 Å². The Labute approximate surface area is 92.5 Å². The zero-order chi connectivity index (χ0) is 11.3. The van der Waals surface area contributed by atoms with Crippen LogP contribution in [0, 0.1) is 11.8 Å². The minimum absolute atomic E-state index is 0.266. The lowest BCUT2D eigenvalue weighted by Crippen LogP contribution is -2.26. The van der Waals surface area contributed by atoms with Crippen LogP contribution in [-0.4, -0.2) is 35.6 Å². The van der Waals surface area contributed by atoms with Gasteiger partial charge in [-0.25, -0.2) is 0 Å². The maximum atomic E-state index is 11.6. The third-order valence-electron chi connectivity index (χ3n) is 3.27. The summed E-state index contributed by atoms with van der Waals surface area (Å²) in [7, 11) is 0. The van der Waals surface area contributed by atoms with Crippen LogP contribution >= 0.6 is 0 Å². The molecule has 15 heavy (non-hydrogen) atoms. The number of amides is 1. The van der Waals surface area contributed by atoms with Gasteiger partial charge >= 0.3 is 0 Å². The summed E-state index contributed by atoms with van der Waals surface area (Å²) in [4.78, 5) is 13.6. The van der Waals surface area contributed by atoms with E-state index in [2.05, 4.69) is 13.8 Å². The van der Waals surface area contributed by atoms with E-state index < -0.39 is 0 Å². The van der Waals surface area contributed by atoms with Crippen LogP contribution in [0.4, 0.5) is 0 Å². The van der Waals surface area contributed by atoms with E-state index in [0.717, 1.165) is 38.8 Å². The molecule has 1 amide bonds. The van der Waals surface area contributed by atoms with E-state index in [0.29, 0.717) is 17.7 Å². The zero-order valence-corrected chi connectivity index (χ0v) is 9.91. The first-order chi connectivity index (χ1) is 7.15. The average Bonchev–Trinajstić information content (AvgIpc) is 2.55. The maximum Gasteiger partial charge on any atom is 0.222 e. The van der Waals surface area contributed by atoms with Gasteiger partial charge in [0.2, 0.25) is 5.91 Å². The molecule has 0 bridgehead atoms. The second-order valence-corrected chi connectivity index (χ2v) is 4.83. The van der Waals surface area contributed by atoms with E-state index in [4.69, 9.17) is 5.11 Å². The number of rotatable bonds is 6. The molecule has 0 saturated carbocycles. The van der Waals surface area contributed by atoms with E-state index in [1.807, 2.05) is 4.90 Å². The molecule has 88 valence electrons. The second kappa shape index (κ2) is 6.11. The first kappa shape index (κ1) is 12.5. The third kappa shape index (κ3) is 3.82. The molecule has 0 radical (unpaired) electrons. The molecular formula is C12H23NO2. The van der Waals surface area contributed by atoms with E-state index in [1.165, 1.54) is 0 Å². The standard InChI is InChI=1S/C12H23NO2/c1-10(2)11-8-12(15)13(9-11)6-4-3-5-7-14/h10-11,14H,3-9H2,1-2H3. The molecule has 3 heteroatoms. The highest BCUT2D eigenvalue weighted by Crippen LogP contribution is 2.24. The van der Waals surface area contributed by atoms with Crippen molar-refractivity contribution in [2.75, 3.05) is 19.7 Å². The molecule has 0 aromatic heterocycles. The smallest absolute Gasteiger partial charge is 0.222 e. The van der Waals surface area contributed by atoms with Crippen molar-refractivity contribution in [3.05, 3.63) is 0 Å². The Morgan fingerprint density at radius 2 is 2.13 bits per heavy atom. The lowest BCUT2D eigenvalue weighted by molar-refractivity contribution is -0.127.